The molecule has 1 unspecified atom stereocenters. The van der Waals surface area contributed by atoms with E-state index in [2.05, 4.69) is 10.3 Å². The van der Waals surface area contributed by atoms with Crippen molar-refractivity contribution in [2.24, 2.45) is 0 Å². The number of hydrazine groups is 1. The summed E-state index contributed by atoms with van der Waals surface area (Å²) in [6.07, 6.45) is 4.63. The molecular formula is C28H29Cl2N3O2. The molecule has 2 heterocycles. The molecule has 0 saturated carbocycles. The molecule has 0 aliphatic carbocycles. The SMILES string of the molecule is O=C1c2ccccc2CC(c2ccc(Cl)cc2Cl)N1N1CCCC1.O=CNCCc1ccccc1. The van der Waals surface area contributed by atoms with E-state index in [1.165, 1.54) is 5.56 Å². The molecule has 1 saturated heterocycles. The van der Waals surface area contributed by atoms with Crippen molar-refractivity contribution in [2.45, 2.75) is 31.7 Å². The van der Waals surface area contributed by atoms with Crippen LogP contribution in [0.3, 0.4) is 0 Å². The van der Waals surface area contributed by atoms with E-state index in [1.54, 1.807) is 6.07 Å². The van der Waals surface area contributed by atoms with Crippen LogP contribution in [-0.2, 0) is 17.6 Å². The molecule has 5 rings (SSSR count). The summed E-state index contributed by atoms with van der Waals surface area (Å²) in [4.78, 5) is 23.1. The van der Waals surface area contributed by atoms with Crippen LogP contribution in [0.4, 0.5) is 0 Å². The third-order valence-corrected chi connectivity index (χ3v) is 6.92. The molecule has 2 amide bonds. The molecule has 0 radical (unpaired) electrons. The van der Waals surface area contributed by atoms with Gasteiger partial charge in [0.2, 0.25) is 6.41 Å². The molecule has 5 nitrogen and oxygen atoms in total. The van der Waals surface area contributed by atoms with Crippen LogP contribution in [0, 0.1) is 0 Å². The van der Waals surface area contributed by atoms with Crippen molar-refractivity contribution in [1.82, 2.24) is 15.3 Å². The summed E-state index contributed by atoms with van der Waals surface area (Å²) in [5, 5.41) is 7.94. The zero-order valence-corrected chi connectivity index (χ0v) is 21.0. The Morgan fingerprint density at radius 2 is 1.66 bits per heavy atom. The minimum absolute atomic E-state index is 0.0646. The van der Waals surface area contributed by atoms with E-state index < -0.39 is 0 Å². The first-order chi connectivity index (χ1) is 17.1. The van der Waals surface area contributed by atoms with E-state index in [0.29, 0.717) is 16.6 Å². The number of carbonyl (C=O) groups excluding carboxylic acids is 2. The fraction of sp³-hybridized carbons (Fsp3) is 0.286. The predicted octanol–water partition coefficient (Wildman–Crippen LogP) is 5.72. The Hall–Kier alpha value is -2.86. The Morgan fingerprint density at radius 3 is 2.37 bits per heavy atom. The van der Waals surface area contributed by atoms with Gasteiger partial charge in [0.15, 0.2) is 0 Å². The number of amides is 2. The van der Waals surface area contributed by atoms with Crippen molar-refractivity contribution < 1.29 is 9.59 Å². The Bertz CT molecular complexity index is 1150. The molecule has 2 aliphatic heterocycles. The lowest BCUT2D eigenvalue weighted by atomic mass is 9.90. The average Bonchev–Trinajstić information content (AvgIpc) is 3.40. The number of benzene rings is 3. The number of fused-ring (bicyclic) bond motifs is 1. The van der Waals surface area contributed by atoms with Gasteiger partial charge >= 0.3 is 0 Å². The smallest absolute Gasteiger partial charge is 0.269 e. The van der Waals surface area contributed by atoms with E-state index in [9.17, 15) is 9.59 Å². The van der Waals surface area contributed by atoms with Crippen LogP contribution in [0.15, 0.2) is 72.8 Å². The summed E-state index contributed by atoms with van der Waals surface area (Å²) in [6.45, 7) is 2.54. The molecular weight excluding hydrogens is 481 g/mol. The number of halogens is 2. The topological polar surface area (TPSA) is 52.7 Å². The van der Waals surface area contributed by atoms with Gasteiger partial charge in [0.05, 0.1) is 6.04 Å². The molecule has 1 atom stereocenters. The maximum Gasteiger partial charge on any atom is 0.269 e. The maximum absolute atomic E-state index is 13.2. The van der Waals surface area contributed by atoms with Crippen LogP contribution >= 0.6 is 23.2 Å². The van der Waals surface area contributed by atoms with Crippen LogP contribution in [-0.4, -0.2) is 42.0 Å². The Balaban J connectivity index is 0.000000221. The number of carbonyl (C=O) groups is 2. The number of nitrogens with zero attached hydrogens (tertiary/aromatic N) is 2. The van der Waals surface area contributed by atoms with Crippen molar-refractivity contribution in [2.75, 3.05) is 19.6 Å². The summed E-state index contributed by atoms with van der Waals surface area (Å²) in [5.41, 5.74) is 4.08. The molecule has 1 fully saturated rings. The lowest BCUT2D eigenvalue weighted by Gasteiger charge is -2.42. The van der Waals surface area contributed by atoms with Gasteiger partial charge in [-0.05, 0) is 60.6 Å². The Kier molecular flexibility index (Phi) is 8.80. The van der Waals surface area contributed by atoms with Crippen LogP contribution in [0.25, 0.3) is 0 Å². The van der Waals surface area contributed by atoms with Crippen molar-refractivity contribution in [3.05, 3.63) is 105 Å². The first kappa shape index (κ1) is 25.2. The Morgan fingerprint density at radius 1 is 0.943 bits per heavy atom. The van der Waals surface area contributed by atoms with Crippen LogP contribution < -0.4 is 5.32 Å². The molecule has 0 aromatic heterocycles. The summed E-state index contributed by atoms with van der Waals surface area (Å²) in [5.74, 6) is 0.0646. The molecule has 7 heteroatoms. The van der Waals surface area contributed by atoms with E-state index in [1.807, 2.05) is 71.7 Å². The Labute approximate surface area is 216 Å². The number of hydrogen-bond acceptors (Lipinski definition) is 3. The summed E-state index contributed by atoms with van der Waals surface area (Å²) in [7, 11) is 0. The standard InChI is InChI=1S/C19H18Cl2N2O.C9H11NO/c20-14-7-8-16(17(21)12-14)18-11-13-5-1-2-6-15(13)19(24)23(18)22-9-3-4-10-22;11-8-10-7-6-9-4-2-1-3-5-9/h1-2,5-8,12,18H,3-4,9-11H2;1-5,8H,6-7H2,(H,10,11). The van der Waals surface area contributed by atoms with Gasteiger partial charge in [0, 0.05) is 35.2 Å². The van der Waals surface area contributed by atoms with Crippen molar-refractivity contribution in [3.63, 3.8) is 0 Å². The molecule has 182 valence electrons. The van der Waals surface area contributed by atoms with Crippen LogP contribution in [0.2, 0.25) is 10.0 Å². The van der Waals surface area contributed by atoms with E-state index in [-0.39, 0.29) is 11.9 Å². The molecule has 0 spiro atoms. The van der Waals surface area contributed by atoms with Crippen LogP contribution in [0.5, 0.6) is 0 Å². The third kappa shape index (κ3) is 6.23. The van der Waals surface area contributed by atoms with Crippen molar-refractivity contribution in [3.8, 4) is 0 Å². The lowest BCUT2D eigenvalue weighted by molar-refractivity contribution is -0.109. The highest BCUT2D eigenvalue weighted by Gasteiger charge is 2.38. The minimum atomic E-state index is -0.0877. The van der Waals surface area contributed by atoms with Crippen molar-refractivity contribution >= 4 is 35.5 Å². The minimum Gasteiger partial charge on any atom is -0.358 e. The van der Waals surface area contributed by atoms with Gasteiger partial charge in [-0.2, -0.15) is 0 Å². The first-order valence-corrected chi connectivity index (χ1v) is 12.7. The van der Waals surface area contributed by atoms with E-state index >= 15 is 0 Å². The van der Waals surface area contributed by atoms with Crippen LogP contribution in [0.1, 0.15) is 45.9 Å². The summed E-state index contributed by atoms with van der Waals surface area (Å²) in [6, 6.07) is 23.4. The fourth-order valence-corrected chi connectivity index (χ4v) is 5.18. The zero-order valence-electron chi connectivity index (χ0n) is 19.5. The predicted molar refractivity (Wildman–Crippen MR) is 141 cm³/mol. The molecule has 2 aliphatic rings. The molecule has 3 aromatic carbocycles. The second kappa shape index (κ2) is 12.2. The van der Waals surface area contributed by atoms with E-state index in [0.717, 1.165) is 61.9 Å². The highest BCUT2D eigenvalue weighted by molar-refractivity contribution is 6.35. The van der Waals surface area contributed by atoms with Gasteiger partial charge in [-0.15, -0.1) is 0 Å². The summed E-state index contributed by atoms with van der Waals surface area (Å²) < 4.78 is 0. The van der Waals surface area contributed by atoms with E-state index in [4.69, 9.17) is 23.2 Å². The van der Waals surface area contributed by atoms with Gasteiger partial charge < -0.3 is 5.32 Å². The monoisotopic (exact) mass is 509 g/mol. The largest absolute Gasteiger partial charge is 0.358 e. The first-order valence-electron chi connectivity index (χ1n) is 11.9. The molecule has 3 aromatic rings. The lowest BCUT2D eigenvalue weighted by Crippen LogP contribution is -2.50. The number of hydrogen-bond donors (Lipinski definition) is 1. The molecule has 1 N–H and O–H groups in total. The highest BCUT2D eigenvalue weighted by Crippen LogP contribution is 2.38. The van der Waals surface area contributed by atoms with Gasteiger partial charge in [-0.25, -0.2) is 5.01 Å². The summed E-state index contributed by atoms with van der Waals surface area (Å²) >= 11 is 12.5. The molecule has 35 heavy (non-hydrogen) atoms. The maximum atomic E-state index is 13.2. The van der Waals surface area contributed by atoms with Gasteiger partial charge in [-0.1, -0.05) is 77.8 Å². The van der Waals surface area contributed by atoms with Gasteiger partial charge in [0.1, 0.15) is 0 Å². The third-order valence-electron chi connectivity index (χ3n) is 6.36. The second-order valence-electron chi connectivity index (χ2n) is 8.66. The van der Waals surface area contributed by atoms with Crippen molar-refractivity contribution in [1.29, 1.82) is 0 Å². The molecule has 0 bridgehead atoms. The number of rotatable bonds is 6. The number of nitrogens with one attached hydrogen (secondary N) is 1. The highest BCUT2D eigenvalue weighted by atomic mass is 35.5. The second-order valence-corrected chi connectivity index (χ2v) is 9.50. The van der Waals surface area contributed by atoms with Gasteiger partial charge in [-0.3, -0.25) is 14.6 Å². The quantitative estimate of drug-likeness (QED) is 0.341. The van der Waals surface area contributed by atoms with Gasteiger partial charge in [0.25, 0.3) is 5.91 Å². The zero-order chi connectivity index (χ0) is 24.6. The normalized spacial score (nSPS) is 17.4. The fourth-order valence-electron chi connectivity index (χ4n) is 4.64. The average molecular weight is 510 g/mol.